The topological polar surface area (TPSA) is 69.6 Å². The van der Waals surface area contributed by atoms with E-state index >= 15 is 0 Å². The van der Waals surface area contributed by atoms with Crippen LogP contribution in [0.25, 0.3) is 0 Å². The molecule has 20 heavy (non-hydrogen) atoms. The van der Waals surface area contributed by atoms with Gasteiger partial charge in [-0.05, 0) is 17.7 Å². The van der Waals surface area contributed by atoms with E-state index in [4.69, 9.17) is 5.11 Å². The van der Waals surface area contributed by atoms with Gasteiger partial charge >= 0.3 is 0 Å². The van der Waals surface area contributed by atoms with Crippen LogP contribution in [0, 0.1) is 0 Å². The minimum absolute atomic E-state index is 0.285. The second-order valence-electron chi connectivity index (χ2n) is 4.48. The van der Waals surface area contributed by atoms with Crippen molar-refractivity contribution in [3.63, 3.8) is 0 Å². The molecule has 0 fully saturated rings. The Morgan fingerprint density at radius 2 is 1.55 bits per heavy atom. The smallest absolute Gasteiger partial charge is 0.251 e. The number of aliphatic hydroxyl groups excluding tert-OH is 2. The molecule has 104 valence electrons. The molecule has 0 aliphatic rings. The molecule has 0 radical (unpaired) electrons. The number of amides is 1. The van der Waals surface area contributed by atoms with Crippen LogP contribution in [-0.2, 0) is 0 Å². The lowest BCUT2D eigenvalue weighted by atomic mass is 10.0. The molecule has 0 aliphatic carbocycles. The Kier molecular flexibility index (Phi) is 4.87. The summed E-state index contributed by atoms with van der Waals surface area (Å²) in [7, 11) is 0. The van der Waals surface area contributed by atoms with E-state index < -0.39 is 18.8 Å². The van der Waals surface area contributed by atoms with E-state index in [0.717, 1.165) is 5.56 Å². The summed E-state index contributed by atoms with van der Waals surface area (Å²) in [5.41, 5.74) is 1.26. The lowest BCUT2D eigenvalue weighted by Gasteiger charge is -2.23. The molecule has 2 aromatic carbocycles. The highest BCUT2D eigenvalue weighted by atomic mass is 16.3. The first-order valence-electron chi connectivity index (χ1n) is 6.42. The predicted molar refractivity (Wildman–Crippen MR) is 76.2 cm³/mol. The molecular weight excluding hydrogens is 254 g/mol. The van der Waals surface area contributed by atoms with E-state index in [9.17, 15) is 9.90 Å². The van der Waals surface area contributed by atoms with Crippen LogP contribution >= 0.6 is 0 Å². The van der Waals surface area contributed by atoms with Crippen LogP contribution in [0.1, 0.15) is 22.0 Å². The van der Waals surface area contributed by atoms with Crippen molar-refractivity contribution < 1.29 is 15.0 Å². The van der Waals surface area contributed by atoms with Crippen molar-refractivity contribution in [1.29, 1.82) is 0 Å². The summed E-state index contributed by atoms with van der Waals surface area (Å²) in [6, 6.07) is 17.2. The third kappa shape index (κ3) is 3.44. The van der Waals surface area contributed by atoms with Crippen molar-refractivity contribution in [1.82, 2.24) is 5.32 Å². The summed E-state index contributed by atoms with van der Waals surface area (Å²) < 4.78 is 0. The number of rotatable bonds is 5. The Bertz CT molecular complexity index is 542. The molecule has 2 rings (SSSR count). The Labute approximate surface area is 117 Å². The van der Waals surface area contributed by atoms with Gasteiger partial charge < -0.3 is 15.5 Å². The van der Waals surface area contributed by atoms with Gasteiger partial charge in [-0.25, -0.2) is 0 Å². The molecule has 4 heteroatoms. The first kappa shape index (κ1) is 14.2. The van der Waals surface area contributed by atoms with Gasteiger partial charge in [-0.3, -0.25) is 4.79 Å². The molecule has 0 saturated carbocycles. The minimum Gasteiger partial charge on any atom is -0.394 e. The first-order chi connectivity index (χ1) is 9.72. The van der Waals surface area contributed by atoms with Crippen LogP contribution < -0.4 is 5.32 Å². The van der Waals surface area contributed by atoms with Crippen molar-refractivity contribution in [3.8, 4) is 0 Å². The minimum atomic E-state index is -1.05. The van der Waals surface area contributed by atoms with Crippen LogP contribution in [0.15, 0.2) is 60.7 Å². The highest BCUT2D eigenvalue weighted by Gasteiger charge is 2.22. The summed E-state index contributed by atoms with van der Waals surface area (Å²) in [4.78, 5) is 12.1. The zero-order valence-electron chi connectivity index (χ0n) is 10.9. The molecule has 3 N–H and O–H groups in total. The number of aliphatic hydroxyl groups is 2. The highest BCUT2D eigenvalue weighted by molar-refractivity contribution is 5.94. The van der Waals surface area contributed by atoms with Crippen molar-refractivity contribution >= 4 is 5.91 Å². The molecule has 0 aromatic heterocycles. The van der Waals surface area contributed by atoms with Crippen LogP contribution in [-0.4, -0.2) is 28.8 Å². The molecule has 1 amide bonds. The predicted octanol–water partition coefficient (Wildman–Crippen LogP) is 1.51. The summed E-state index contributed by atoms with van der Waals surface area (Å²) in [6.45, 7) is -0.422. The van der Waals surface area contributed by atoms with Crippen molar-refractivity contribution in [2.75, 3.05) is 6.61 Å². The maximum atomic E-state index is 12.1. The zero-order chi connectivity index (χ0) is 14.4. The molecule has 2 unspecified atom stereocenters. The van der Waals surface area contributed by atoms with Gasteiger partial charge in [0, 0.05) is 5.56 Å². The Morgan fingerprint density at radius 1 is 1.00 bits per heavy atom. The second-order valence-corrected chi connectivity index (χ2v) is 4.48. The summed E-state index contributed by atoms with van der Waals surface area (Å²) >= 11 is 0. The number of hydrogen-bond acceptors (Lipinski definition) is 3. The summed E-state index contributed by atoms with van der Waals surface area (Å²) in [6.07, 6.45) is -1.05. The van der Waals surface area contributed by atoms with E-state index in [-0.39, 0.29) is 5.91 Å². The Morgan fingerprint density at radius 3 is 2.10 bits per heavy atom. The lowest BCUT2D eigenvalue weighted by molar-refractivity contribution is 0.0564. The van der Waals surface area contributed by atoms with Crippen LogP contribution in [0.5, 0.6) is 0 Å². The number of carbonyl (C=O) groups is 1. The van der Waals surface area contributed by atoms with Crippen LogP contribution in [0.3, 0.4) is 0 Å². The van der Waals surface area contributed by atoms with E-state index in [2.05, 4.69) is 5.32 Å². The highest BCUT2D eigenvalue weighted by Crippen LogP contribution is 2.17. The largest absolute Gasteiger partial charge is 0.394 e. The second kappa shape index (κ2) is 6.84. The van der Waals surface area contributed by atoms with E-state index in [1.165, 1.54) is 0 Å². The molecule has 2 aromatic rings. The third-order valence-electron chi connectivity index (χ3n) is 3.05. The normalized spacial score (nSPS) is 13.5. The third-order valence-corrected chi connectivity index (χ3v) is 3.05. The number of carbonyl (C=O) groups excluding carboxylic acids is 1. The van der Waals surface area contributed by atoms with Gasteiger partial charge in [0.25, 0.3) is 5.91 Å². The van der Waals surface area contributed by atoms with Gasteiger partial charge in [-0.2, -0.15) is 0 Å². The first-order valence-corrected chi connectivity index (χ1v) is 6.42. The Hall–Kier alpha value is -2.17. The molecular formula is C16H17NO3. The van der Waals surface area contributed by atoms with Gasteiger partial charge in [-0.1, -0.05) is 48.5 Å². The van der Waals surface area contributed by atoms with Gasteiger partial charge in [-0.15, -0.1) is 0 Å². The number of benzene rings is 2. The summed E-state index contributed by atoms with van der Waals surface area (Å²) in [5, 5.41) is 21.8. The van der Waals surface area contributed by atoms with Gasteiger partial charge in [0.15, 0.2) is 0 Å². The fraction of sp³-hybridized carbons (Fsp3) is 0.188. The van der Waals surface area contributed by atoms with E-state index in [1.54, 1.807) is 36.4 Å². The monoisotopic (exact) mass is 271 g/mol. The molecule has 0 saturated heterocycles. The lowest BCUT2D eigenvalue weighted by Crippen LogP contribution is -2.38. The molecule has 0 aliphatic heterocycles. The molecule has 4 nitrogen and oxygen atoms in total. The number of nitrogens with one attached hydrogen (secondary N) is 1. The van der Waals surface area contributed by atoms with Crippen molar-refractivity contribution in [2.45, 2.75) is 12.1 Å². The van der Waals surface area contributed by atoms with E-state index in [0.29, 0.717) is 5.56 Å². The van der Waals surface area contributed by atoms with Gasteiger partial charge in [0.05, 0.1) is 12.6 Å². The standard InChI is InChI=1S/C16H17NO3/c18-11-14(19)15(12-7-3-1-4-8-12)17-16(20)13-9-5-2-6-10-13/h1-10,14-15,18-19H,11H2,(H,17,20). The van der Waals surface area contributed by atoms with Crippen LogP contribution in [0.4, 0.5) is 0 Å². The average molecular weight is 271 g/mol. The number of hydrogen-bond donors (Lipinski definition) is 3. The maximum Gasteiger partial charge on any atom is 0.251 e. The average Bonchev–Trinajstić information content (AvgIpc) is 2.53. The maximum absolute atomic E-state index is 12.1. The molecule has 0 spiro atoms. The van der Waals surface area contributed by atoms with E-state index in [1.807, 2.05) is 24.3 Å². The van der Waals surface area contributed by atoms with Gasteiger partial charge in [0.1, 0.15) is 6.10 Å². The SMILES string of the molecule is O=C(NC(c1ccccc1)C(O)CO)c1ccccc1. The van der Waals surface area contributed by atoms with Gasteiger partial charge in [0.2, 0.25) is 0 Å². The fourth-order valence-corrected chi connectivity index (χ4v) is 1.98. The molecule has 2 atom stereocenters. The van der Waals surface area contributed by atoms with Crippen LogP contribution in [0.2, 0.25) is 0 Å². The Balaban J connectivity index is 2.19. The quantitative estimate of drug-likeness (QED) is 0.772. The van der Waals surface area contributed by atoms with Crippen molar-refractivity contribution in [3.05, 3.63) is 71.8 Å². The molecule has 0 heterocycles. The van der Waals surface area contributed by atoms with Crippen molar-refractivity contribution in [2.24, 2.45) is 0 Å². The zero-order valence-corrected chi connectivity index (χ0v) is 10.9. The molecule has 0 bridgehead atoms. The fourth-order valence-electron chi connectivity index (χ4n) is 1.98. The summed E-state index contributed by atoms with van der Waals surface area (Å²) in [5.74, 6) is -0.285.